The highest BCUT2D eigenvalue weighted by atomic mass is 16.1. The van der Waals surface area contributed by atoms with E-state index in [1.165, 1.54) is 0 Å². The SMILES string of the molecule is CCN(CC)CCCNC(=O)C1CCN(C)CC1. The van der Waals surface area contributed by atoms with Crippen LogP contribution in [0.3, 0.4) is 0 Å². The minimum Gasteiger partial charge on any atom is -0.356 e. The quantitative estimate of drug-likeness (QED) is 0.694. The van der Waals surface area contributed by atoms with E-state index in [4.69, 9.17) is 0 Å². The van der Waals surface area contributed by atoms with Gasteiger partial charge in [-0.1, -0.05) is 13.8 Å². The Morgan fingerprint density at radius 1 is 1.28 bits per heavy atom. The second kappa shape index (κ2) is 8.48. The topological polar surface area (TPSA) is 35.6 Å². The van der Waals surface area contributed by atoms with E-state index in [0.29, 0.717) is 0 Å². The van der Waals surface area contributed by atoms with Gasteiger partial charge in [-0.3, -0.25) is 4.79 Å². The Morgan fingerprint density at radius 2 is 1.89 bits per heavy atom. The number of amides is 1. The first kappa shape index (κ1) is 15.4. The molecule has 4 nitrogen and oxygen atoms in total. The minimum atomic E-state index is 0.245. The monoisotopic (exact) mass is 255 g/mol. The molecule has 1 rings (SSSR count). The maximum Gasteiger partial charge on any atom is 0.223 e. The summed E-state index contributed by atoms with van der Waals surface area (Å²) in [6, 6.07) is 0. The van der Waals surface area contributed by atoms with E-state index >= 15 is 0 Å². The molecule has 0 atom stereocenters. The van der Waals surface area contributed by atoms with Gasteiger partial charge in [-0.05, 0) is 59.0 Å². The van der Waals surface area contributed by atoms with Crippen molar-refractivity contribution in [2.45, 2.75) is 33.1 Å². The van der Waals surface area contributed by atoms with E-state index in [0.717, 1.165) is 58.5 Å². The van der Waals surface area contributed by atoms with Gasteiger partial charge in [0.15, 0.2) is 0 Å². The standard InChI is InChI=1S/C14H29N3O/c1-4-17(5-2)10-6-9-15-14(18)13-7-11-16(3)12-8-13/h13H,4-12H2,1-3H3,(H,15,18). The number of carbonyl (C=O) groups is 1. The third kappa shape index (κ3) is 5.36. The first-order valence-electron chi connectivity index (χ1n) is 7.36. The van der Waals surface area contributed by atoms with Crippen LogP contribution in [-0.4, -0.2) is 62.0 Å². The zero-order valence-corrected chi connectivity index (χ0v) is 12.2. The van der Waals surface area contributed by atoms with Gasteiger partial charge in [-0.15, -0.1) is 0 Å². The molecule has 0 aromatic carbocycles. The molecule has 0 unspecified atom stereocenters. The number of piperidine rings is 1. The molecule has 1 N–H and O–H groups in total. The second-order valence-electron chi connectivity index (χ2n) is 5.25. The summed E-state index contributed by atoms with van der Waals surface area (Å²) in [6.45, 7) is 10.6. The summed E-state index contributed by atoms with van der Waals surface area (Å²) < 4.78 is 0. The van der Waals surface area contributed by atoms with Crippen molar-refractivity contribution >= 4 is 5.91 Å². The number of nitrogens with one attached hydrogen (secondary N) is 1. The Morgan fingerprint density at radius 3 is 2.44 bits per heavy atom. The van der Waals surface area contributed by atoms with E-state index < -0.39 is 0 Å². The van der Waals surface area contributed by atoms with Crippen molar-refractivity contribution in [2.24, 2.45) is 5.92 Å². The first-order chi connectivity index (χ1) is 8.67. The molecule has 0 saturated carbocycles. The molecule has 0 radical (unpaired) electrons. The maximum atomic E-state index is 11.9. The van der Waals surface area contributed by atoms with Gasteiger partial charge in [-0.2, -0.15) is 0 Å². The summed E-state index contributed by atoms with van der Waals surface area (Å²) in [5.74, 6) is 0.511. The van der Waals surface area contributed by atoms with Crippen LogP contribution < -0.4 is 5.32 Å². The van der Waals surface area contributed by atoms with E-state index in [-0.39, 0.29) is 11.8 Å². The normalized spacial score (nSPS) is 18.2. The Kier molecular flexibility index (Phi) is 7.28. The number of rotatable bonds is 7. The van der Waals surface area contributed by atoms with Crippen molar-refractivity contribution in [1.82, 2.24) is 15.1 Å². The van der Waals surface area contributed by atoms with E-state index in [1.807, 2.05) is 0 Å². The molecule has 0 aromatic heterocycles. The molecule has 1 aliphatic heterocycles. The predicted octanol–water partition coefficient (Wildman–Crippen LogP) is 1.18. The van der Waals surface area contributed by atoms with Crippen LogP contribution in [0, 0.1) is 5.92 Å². The van der Waals surface area contributed by atoms with Crippen LogP contribution in [0.15, 0.2) is 0 Å². The smallest absolute Gasteiger partial charge is 0.223 e. The summed E-state index contributed by atoms with van der Waals surface area (Å²) in [5, 5.41) is 3.09. The molecule has 1 saturated heterocycles. The van der Waals surface area contributed by atoms with Crippen LogP contribution in [0.1, 0.15) is 33.1 Å². The molecule has 0 aliphatic carbocycles. The molecule has 0 aromatic rings. The average molecular weight is 255 g/mol. The van der Waals surface area contributed by atoms with Crippen molar-refractivity contribution in [3.8, 4) is 0 Å². The van der Waals surface area contributed by atoms with E-state index in [2.05, 4.69) is 36.0 Å². The fourth-order valence-electron chi connectivity index (χ4n) is 2.47. The van der Waals surface area contributed by atoms with Crippen LogP contribution in [0.25, 0.3) is 0 Å². The van der Waals surface area contributed by atoms with Gasteiger partial charge < -0.3 is 15.1 Å². The number of hydrogen-bond acceptors (Lipinski definition) is 3. The summed E-state index contributed by atoms with van der Waals surface area (Å²) in [6.07, 6.45) is 3.08. The van der Waals surface area contributed by atoms with Gasteiger partial charge in [0.2, 0.25) is 5.91 Å². The molecule has 1 amide bonds. The van der Waals surface area contributed by atoms with Crippen LogP contribution in [0.2, 0.25) is 0 Å². The number of likely N-dealkylation sites (tertiary alicyclic amines) is 1. The van der Waals surface area contributed by atoms with Crippen molar-refractivity contribution in [3.05, 3.63) is 0 Å². The summed E-state index contributed by atoms with van der Waals surface area (Å²) in [7, 11) is 2.12. The van der Waals surface area contributed by atoms with Crippen molar-refractivity contribution in [2.75, 3.05) is 46.3 Å². The van der Waals surface area contributed by atoms with Gasteiger partial charge in [0.25, 0.3) is 0 Å². The highest BCUT2D eigenvalue weighted by molar-refractivity contribution is 5.78. The molecule has 1 fully saturated rings. The Hall–Kier alpha value is -0.610. The molecular formula is C14H29N3O. The van der Waals surface area contributed by atoms with Crippen molar-refractivity contribution in [1.29, 1.82) is 0 Å². The third-order valence-electron chi connectivity index (χ3n) is 3.93. The fraction of sp³-hybridized carbons (Fsp3) is 0.929. The minimum absolute atomic E-state index is 0.245. The van der Waals surface area contributed by atoms with Gasteiger partial charge in [0, 0.05) is 12.5 Å². The number of hydrogen-bond donors (Lipinski definition) is 1. The molecule has 1 aliphatic rings. The summed E-state index contributed by atoms with van der Waals surface area (Å²) >= 11 is 0. The lowest BCUT2D eigenvalue weighted by molar-refractivity contribution is -0.126. The Bertz CT molecular complexity index is 233. The largest absolute Gasteiger partial charge is 0.356 e. The highest BCUT2D eigenvalue weighted by Crippen LogP contribution is 2.15. The molecule has 1 heterocycles. The van der Waals surface area contributed by atoms with Crippen molar-refractivity contribution in [3.63, 3.8) is 0 Å². The molecule has 0 bridgehead atoms. The summed E-state index contributed by atoms with van der Waals surface area (Å²) in [5.41, 5.74) is 0. The fourth-order valence-corrected chi connectivity index (χ4v) is 2.47. The van der Waals surface area contributed by atoms with Crippen LogP contribution in [0.4, 0.5) is 0 Å². The zero-order valence-electron chi connectivity index (χ0n) is 12.2. The number of nitrogens with zero attached hydrogens (tertiary/aromatic N) is 2. The second-order valence-corrected chi connectivity index (χ2v) is 5.25. The lowest BCUT2D eigenvalue weighted by atomic mass is 9.96. The average Bonchev–Trinajstić information content (AvgIpc) is 2.39. The molecule has 18 heavy (non-hydrogen) atoms. The zero-order chi connectivity index (χ0) is 13.4. The predicted molar refractivity (Wildman–Crippen MR) is 75.6 cm³/mol. The molecule has 4 heteroatoms. The van der Waals surface area contributed by atoms with Gasteiger partial charge in [0.05, 0.1) is 0 Å². The first-order valence-corrected chi connectivity index (χ1v) is 7.36. The molecule has 0 spiro atoms. The summed E-state index contributed by atoms with van der Waals surface area (Å²) in [4.78, 5) is 16.6. The van der Waals surface area contributed by atoms with Crippen LogP contribution in [0.5, 0.6) is 0 Å². The molecular weight excluding hydrogens is 226 g/mol. The van der Waals surface area contributed by atoms with E-state index in [9.17, 15) is 4.79 Å². The van der Waals surface area contributed by atoms with Crippen LogP contribution in [-0.2, 0) is 4.79 Å². The van der Waals surface area contributed by atoms with Crippen LogP contribution >= 0.6 is 0 Å². The van der Waals surface area contributed by atoms with E-state index in [1.54, 1.807) is 0 Å². The Labute approximate surface area is 112 Å². The maximum absolute atomic E-state index is 11.9. The van der Waals surface area contributed by atoms with Gasteiger partial charge >= 0.3 is 0 Å². The van der Waals surface area contributed by atoms with Gasteiger partial charge in [-0.25, -0.2) is 0 Å². The van der Waals surface area contributed by atoms with Gasteiger partial charge in [0.1, 0.15) is 0 Å². The van der Waals surface area contributed by atoms with Crippen molar-refractivity contribution < 1.29 is 4.79 Å². The number of carbonyl (C=O) groups excluding carboxylic acids is 1. The lowest BCUT2D eigenvalue weighted by Crippen LogP contribution is -2.39. The Balaban J connectivity index is 2.10. The highest BCUT2D eigenvalue weighted by Gasteiger charge is 2.22. The molecule has 106 valence electrons. The third-order valence-corrected chi connectivity index (χ3v) is 3.93. The lowest BCUT2D eigenvalue weighted by Gasteiger charge is -2.28.